The lowest BCUT2D eigenvalue weighted by molar-refractivity contribution is 0.668. The minimum absolute atomic E-state index is 0.831. The van der Waals surface area contributed by atoms with E-state index in [4.69, 9.17) is 8.83 Å². The Morgan fingerprint density at radius 3 is 0.670 bits per heavy atom. The van der Waals surface area contributed by atoms with E-state index in [1.54, 1.807) is 0 Å². The van der Waals surface area contributed by atoms with Gasteiger partial charge in [0, 0.05) is 66.8 Å². The fourth-order valence-corrected chi connectivity index (χ4v) is 12.9. The van der Waals surface area contributed by atoms with Crippen molar-refractivity contribution in [3.8, 4) is 77.9 Å². The van der Waals surface area contributed by atoms with Crippen molar-refractivity contribution in [3.63, 3.8) is 0 Å². The lowest BCUT2D eigenvalue weighted by Gasteiger charge is -2.26. The smallest absolute Gasteiger partial charge is 0.136 e. The summed E-state index contributed by atoms with van der Waals surface area (Å²) in [5.74, 6) is 0. The van der Waals surface area contributed by atoms with Gasteiger partial charge in [0.25, 0.3) is 0 Å². The summed E-state index contributed by atoms with van der Waals surface area (Å²) in [7, 11) is 0. The van der Waals surface area contributed by atoms with Crippen LogP contribution in [0.3, 0.4) is 0 Å². The maximum atomic E-state index is 6.74. The molecule has 0 aliphatic carbocycles. The van der Waals surface area contributed by atoms with Crippen LogP contribution in [-0.2, 0) is 0 Å². The molecule has 0 fully saturated rings. The van der Waals surface area contributed by atoms with Gasteiger partial charge in [-0.1, -0.05) is 231 Å². The zero-order chi connectivity index (χ0) is 58.3. The summed E-state index contributed by atoms with van der Waals surface area (Å²) in [6, 6.07) is 122. The Bertz CT molecular complexity index is 4620. The molecule has 4 nitrogen and oxygen atoms in total. The molecule has 0 aliphatic heterocycles. The summed E-state index contributed by atoms with van der Waals surface area (Å²) in [6.07, 6.45) is 0. The van der Waals surface area contributed by atoms with Crippen LogP contribution in [-0.4, -0.2) is 0 Å². The molecule has 0 unspecified atom stereocenters. The van der Waals surface area contributed by atoms with Crippen molar-refractivity contribution in [3.05, 3.63) is 340 Å². The molecule has 2 aromatic heterocycles. The predicted octanol–water partition coefficient (Wildman–Crippen LogP) is 24.1. The summed E-state index contributed by atoms with van der Waals surface area (Å²) in [5.41, 5.74) is 25.6. The first-order valence-electron chi connectivity index (χ1n) is 30.0. The van der Waals surface area contributed by atoms with Crippen LogP contribution in [0, 0.1) is 0 Å². The Morgan fingerprint density at radius 1 is 0.170 bits per heavy atom. The van der Waals surface area contributed by atoms with Crippen LogP contribution in [0.15, 0.2) is 349 Å². The molecule has 16 aromatic rings. The molecule has 0 N–H and O–H groups in total. The Morgan fingerprint density at radius 2 is 0.398 bits per heavy atom. The fraction of sp³-hybridized carbons (Fsp3) is 0. The van der Waals surface area contributed by atoms with Crippen LogP contribution in [0.25, 0.3) is 122 Å². The number of rotatable bonds is 13. The van der Waals surface area contributed by atoms with E-state index >= 15 is 0 Å². The number of hydrogen-bond donors (Lipinski definition) is 0. The number of anilines is 6. The Hall–Kier alpha value is -11.7. The van der Waals surface area contributed by atoms with E-state index in [2.05, 4.69) is 337 Å². The maximum absolute atomic E-state index is 6.74. The standard InChI is InChI=1S/C84H56N2O2/c1-5-17-57(18-6-1)61-29-41-67(42-30-61)85(68-43-31-62(32-44-68)58-19-7-2-8-20-58)71-49-37-65(38-50-71)81-73(53-55-79-83(81)75-25-13-15-27-77(75)87-79)74-54-56-80-84(76-26-14-16-28-78(76)88-80)82(74)66-39-51-72(52-40-66)86(69-45-33-63(34-46-69)59-21-9-3-10-22-59)70-47-35-64(36-48-70)60-23-11-4-12-24-60/h1-56H. The maximum Gasteiger partial charge on any atom is 0.136 e. The Kier molecular flexibility index (Phi) is 13.2. The third-order valence-electron chi connectivity index (χ3n) is 17.1. The van der Waals surface area contributed by atoms with E-state index in [1.165, 1.54) is 44.5 Å². The summed E-state index contributed by atoms with van der Waals surface area (Å²) in [5, 5.41) is 4.26. The number of fused-ring (bicyclic) bond motifs is 6. The van der Waals surface area contributed by atoms with Gasteiger partial charge in [-0.2, -0.15) is 0 Å². The third kappa shape index (κ3) is 9.56. The van der Waals surface area contributed by atoms with Gasteiger partial charge in [-0.05, 0) is 176 Å². The molecule has 0 bridgehead atoms. The average molecular weight is 1130 g/mol. The van der Waals surface area contributed by atoms with Crippen LogP contribution in [0.1, 0.15) is 0 Å². The second kappa shape index (κ2) is 22.4. The largest absolute Gasteiger partial charge is 0.456 e. The lowest BCUT2D eigenvalue weighted by atomic mass is 9.85. The average Bonchev–Trinajstić information content (AvgIpc) is 2.59. The normalized spacial score (nSPS) is 11.4. The molecule has 0 atom stereocenters. The molecule has 2 heterocycles. The Balaban J connectivity index is 0.847. The quantitative estimate of drug-likeness (QED) is 0.115. The summed E-state index contributed by atoms with van der Waals surface area (Å²) < 4.78 is 13.5. The van der Waals surface area contributed by atoms with Crippen LogP contribution in [0.2, 0.25) is 0 Å². The van der Waals surface area contributed by atoms with E-state index in [0.717, 1.165) is 111 Å². The minimum Gasteiger partial charge on any atom is -0.456 e. The molecular formula is C84H56N2O2. The summed E-state index contributed by atoms with van der Waals surface area (Å²) in [6.45, 7) is 0. The lowest BCUT2D eigenvalue weighted by Crippen LogP contribution is -2.10. The first-order chi connectivity index (χ1) is 43.6. The van der Waals surface area contributed by atoms with E-state index in [-0.39, 0.29) is 0 Å². The second-order valence-electron chi connectivity index (χ2n) is 22.3. The molecule has 0 radical (unpaired) electrons. The molecule has 4 heteroatoms. The number of hydrogen-bond acceptors (Lipinski definition) is 4. The van der Waals surface area contributed by atoms with Crippen LogP contribution in [0.5, 0.6) is 0 Å². The van der Waals surface area contributed by atoms with Gasteiger partial charge in [0.05, 0.1) is 0 Å². The van der Waals surface area contributed by atoms with Gasteiger partial charge in [-0.3, -0.25) is 0 Å². The van der Waals surface area contributed by atoms with Gasteiger partial charge in [-0.15, -0.1) is 0 Å². The third-order valence-corrected chi connectivity index (χ3v) is 17.1. The van der Waals surface area contributed by atoms with E-state index in [9.17, 15) is 0 Å². The topological polar surface area (TPSA) is 32.8 Å². The molecule has 14 aromatic carbocycles. The highest BCUT2D eigenvalue weighted by molar-refractivity contribution is 6.20. The molecule has 0 amide bonds. The van der Waals surface area contributed by atoms with E-state index in [0.29, 0.717) is 0 Å². The van der Waals surface area contributed by atoms with Gasteiger partial charge in [0.1, 0.15) is 22.3 Å². The van der Waals surface area contributed by atoms with Crippen LogP contribution in [0.4, 0.5) is 34.1 Å². The number of furan rings is 2. The highest BCUT2D eigenvalue weighted by Gasteiger charge is 2.25. The zero-order valence-corrected chi connectivity index (χ0v) is 48.0. The molecular weight excluding hydrogens is 1070 g/mol. The minimum atomic E-state index is 0.831. The Labute approximate surface area is 511 Å². The van der Waals surface area contributed by atoms with Crippen molar-refractivity contribution in [1.82, 2.24) is 0 Å². The summed E-state index contributed by atoms with van der Waals surface area (Å²) in [4.78, 5) is 4.70. The van der Waals surface area contributed by atoms with E-state index in [1.807, 2.05) is 12.1 Å². The van der Waals surface area contributed by atoms with Crippen LogP contribution >= 0.6 is 0 Å². The zero-order valence-electron chi connectivity index (χ0n) is 48.0. The van der Waals surface area contributed by atoms with Crippen LogP contribution < -0.4 is 9.80 Å². The van der Waals surface area contributed by atoms with Gasteiger partial charge in [-0.25, -0.2) is 0 Å². The first-order valence-corrected chi connectivity index (χ1v) is 30.0. The molecule has 88 heavy (non-hydrogen) atoms. The number of benzene rings is 14. The van der Waals surface area contributed by atoms with E-state index < -0.39 is 0 Å². The summed E-state index contributed by atoms with van der Waals surface area (Å²) >= 11 is 0. The van der Waals surface area contributed by atoms with Crippen molar-refractivity contribution in [2.75, 3.05) is 9.80 Å². The molecule has 0 saturated heterocycles. The van der Waals surface area contributed by atoms with Crippen molar-refractivity contribution in [1.29, 1.82) is 0 Å². The van der Waals surface area contributed by atoms with Crippen molar-refractivity contribution >= 4 is 78.0 Å². The monoisotopic (exact) mass is 1120 g/mol. The van der Waals surface area contributed by atoms with Gasteiger partial charge in [0.15, 0.2) is 0 Å². The van der Waals surface area contributed by atoms with Crippen molar-refractivity contribution in [2.24, 2.45) is 0 Å². The molecule has 16 rings (SSSR count). The highest BCUT2D eigenvalue weighted by Crippen LogP contribution is 2.50. The SMILES string of the molecule is c1ccc(-c2ccc(N(c3ccc(-c4ccccc4)cc3)c3ccc(-c4c(-c5ccc6oc7ccccc7c6c5-c5ccc(N(c6ccc(-c7ccccc7)cc6)c6ccc(-c7ccccc7)cc6)cc5)ccc5oc6ccccc6c45)cc3)cc2)cc1. The van der Waals surface area contributed by atoms with Crippen molar-refractivity contribution < 1.29 is 8.83 Å². The molecule has 414 valence electrons. The van der Waals surface area contributed by atoms with Gasteiger partial charge >= 0.3 is 0 Å². The van der Waals surface area contributed by atoms with Gasteiger partial charge in [0.2, 0.25) is 0 Å². The van der Waals surface area contributed by atoms with Crippen molar-refractivity contribution in [2.45, 2.75) is 0 Å². The molecule has 0 saturated carbocycles. The number of nitrogens with zero attached hydrogens (tertiary/aromatic N) is 2. The first kappa shape index (κ1) is 51.9. The molecule has 0 aliphatic rings. The second-order valence-corrected chi connectivity index (χ2v) is 22.3. The number of para-hydroxylation sites is 2. The van der Waals surface area contributed by atoms with Gasteiger partial charge < -0.3 is 18.6 Å². The molecule has 0 spiro atoms. The predicted molar refractivity (Wildman–Crippen MR) is 368 cm³/mol. The highest BCUT2D eigenvalue weighted by atomic mass is 16.3. The fourth-order valence-electron chi connectivity index (χ4n) is 12.9.